The van der Waals surface area contributed by atoms with Crippen molar-refractivity contribution in [3.63, 3.8) is 0 Å². The summed E-state index contributed by atoms with van der Waals surface area (Å²) in [5.74, 6) is 6.51. The minimum atomic E-state index is -0.0678. The fraction of sp³-hybridized carbons (Fsp3) is 0.357. The molecule has 1 atom stereocenters. The topological polar surface area (TPSA) is 65.1 Å². The molecule has 0 radical (unpaired) electrons. The van der Waals surface area contributed by atoms with Gasteiger partial charge in [-0.3, -0.25) is 10.5 Å². The highest BCUT2D eigenvalue weighted by Gasteiger charge is 2.14. The van der Waals surface area contributed by atoms with E-state index in [0.717, 1.165) is 16.9 Å². The van der Waals surface area contributed by atoms with E-state index < -0.39 is 0 Å². The smallest absolute Gasteiger partial charge is 0.119 e. The van der Waals surface area contributed by atoms with E-state index in [9.17, 15) is 0 Å². The normalized spacial score (nSPS) is 12.7. The van der Waals surface area contributed by atoms with Gasteiger partial charge in [-0.15, -0.1) is 0 Å². The van der Waals surface area contributed by atoms with Crippen molar-refractivity contribution < 1.29 is 4.74 Å². The Labute approximate surface area is 113 Å². The summed E-state index contributed by atoms with van der Waals surface area (Å²) in [7, 11) is 1.89. The van der Waals surface area contributed by atoms with Gasteiger partial charge in [0, 0.05) is 18.8 Å². The Kier molecular flexibility index (Phi) is 4.19. The lowest BCUT2D eigenvalue weighted by atomic mass is 10.0. The molecule has 5 nitrogen and oxygen atoms in total. The van der Waals surface area contributed by atoms with Gasteiger partial charge in [-0.25, -0.2) is 5.43 Å². The first-order valence-corrected chi connectivity index (χ1v) is 6.31. The van der Waals surface area contributed by atoms with Crippen LogP contribution in [0.5, 0.6) is 5.75 Å². The van der Waals surface area contributed by atoms with Crippen molar-refractivity contribution in [2.75, 3.05) is 0 Å². The average Bonchev–Trinajstić information content (AvgIpc) is 2.78. The van der Waals surface area contributed by atoms with Crippen molar-refractivity contribution >= 4 is 0 Å². The molecule has 0 aliphatic rings. The maximum atomic E-state index is 5.65. The van der Waals surface area contributed by atoms with Gasteiger partial charge in [0.25, 0.3) is 0 Å². The lowest BCUT2D eigenvalue weighted by molar-refractivity contribution is 0.242. The van der Waals surface area contributed by atoms with Crippen LogP contribution in [0.4, 0.5) is 0 Å². The lowest BCUT2D eigenvalue weighted by Gasteiger charge is -2.16. The summed E-state index contributed by atoms with van der Waals surface area (Å²) in [6.07, 6.45) is 3.93. The van der Waals surface area contributed by atoms with Crippen LogP contribution in [-0.2, 0) is 7.05 Å². The monoisotopic (exact) mass is 260 g/mol. The third-order valence-electron chi connectivity index (χ3n) is 2.81. The van der Waals surface area contributed by atoms with Gasteiger partial charge in [0.05, 0.1) is 18.3 Å². The van der Waals surface area contributed by atoms with E-state index in [1.54, 1.807) is 4.68 Å². The molecule has 1 unspecified atom stereocenters. The molecule has 2 rings (SSSR count). The Hall–Kier alpha value is -1.85. The number of nitrogens with two attached hydrogens (primary N) is 1. The third-order valence-corrected chi connectivity index (χ3v) is 2.81. The molecule has 0 spiro atoms. The van der Waals surface area contributed by atoms with E-state index in [2.05, 4.69) is 10.5 Å². The SMILES string of the molecule is CC(C)Oc1ccc(C(NN)c2cnn(C)c2)cc1. The summed E-state index contributed by atoms with van der Waals surface area (Å²) in [6, 6.07) is 7.86. The largest absolute Gasteiger partial charge is 0.491 e. The third kappa shape index (κ3) is 3.33. The van der Waals surface area contributed by atoms with Gasteiger partial charge in [0.1, 0.15) is 5.75 Å². The molecule has 102 valence electrons. The molecule has 0 fully saturated rings. The number of rotatable bonds is 5. The van der Waals surface area contributed by atoms with Gasteiger partial charge in [0.2, 0.25) is 0 Å². The summed E-state index contributed by atoms with van der Waals surface area (Å²) in [5.41, 5.74) is 4.92. The van der Waals surface area contributed by atoms with Crippen LogP contribution in [0.1, 0.15) is 31.0 Å². The molecule has 1 aromatic carbocycles. The molecule has 1 aromatic heterocycles. The van der Waals surface area contributed by atoms with Crippen molar-refractivity contribution in [1.82, 2.24) is 15.2 Å². The number of ether oxygens (including phenoxy) is 1. The highest BCUT2D eigenvalue weighted by Crippen LogP contribution is 2.23. The van der Waals surface area contributed by atoms with Crippen LogP contribution < -0.4 is 16.0 Å². The van der Waals surface area contributed by atoms with Gasteiger partial charge in [-0.05, 0) is 31.5 Å². The van der Waals surface area contributed by atoms with Crippen LogP contribution in [0.2, 0.25) is 0 Å². The van der Waals surface area contributed by atoms with E-state index in [1.165, 1.54) is 0 Å². The highest BCUT2D eigenvalue weighted by molar-refractivity contribution is 5.34. The predicted octanol–water partition coefficient (Wildman–Crippen LogP) is 1.76. The van der Waals surface area contributed by atoms with Gasteiger partial charge in [-0.1, -0.05) is 12.1 Å². The predicted molar refractivity (Wildman–Crippen MR) is 74.6 cm³/mol. The first-order chi connectivity index (χ1) is 9.10. The van der Waals surface area contributed by atoms with E-state index in [-0.39, 0.29) is 12.1 Å². The van der Waals surface area contributed by atoms with Gasteiger partial charge in [-0.2, -0.15) is 5.10 Å². The van der Waals surface area contributed by atoms with E-state index in [4.69, 9.17) is 10.6 Å². The Morgan fingerprint density at radius 3 is 2.37 bits per heavy atom. The highest BCUT2D eigenvalue weighted by atomic mass is 16.5. The average molecular weight is 260 g/mol. The second kappa shape index (κ2) is 5.86. The molecule has 0 bridgehead atoms. The summed E-state index contributed by atoms with van der Waals surface area (Å²) in [4.78, 5) is 0. The standard InChI is InChI=1S/C14H20N4O/c1-10(2)19-13-6-4-11(5-7-13)14(17-15)12-8-16-18(3)9-12/h4-10,14,17H,15H2,1-3H3. The second-order valence-electron chi connectivity index (χ2n) is 4.78. The zero-order valence-electron chi connectivity index (χ0n) is 11.5. The van der Waals surface area contributed by atoms with Crippen molar-refractivity contribution in [1.29, 1.82) is 0 Å². The fourth-order valence-corrected chi connectivity index (χ4v) is 1.99. The maximum Gasteiger partial charge on any atom is 0.119 e. The summed E-state index contributed by atoms with van der Waals surface area (Å²) in [6.45, 7) is 4.02. The number of hydrogen-bond donors (Lipinski definition) is 2. The molecular weight excluding hydrogens is 240 g/mol. The number of hydrazine groups is 1. The van der Waals surface area contributed by atoms with Crippen LogP contribution in [-0.4, -0.2) is 15.9 Å². The minimum absolute atomic E-state index is 0.0678. The number of benzene rings is 1. The molecule has 19 heavy (non-hydrogen) atoms. The van der Waals surface area contributed by atoms with Crippen molar-refractivity contribution in [2.45, 2.75) is 26.0 Å². The molecule has 0 saturated carbocycles. The van der Waals surface area contributed by atoms with E-state index in [1.807, 2.05) is 57.6 Å². The van der Waals surface area contributed by atoms with E-state index >= 15 is 0 Å². The van der Waals surface area contributed by atoms with Crippen LogP contribution >= 0.6 is 0 Å². The van der Waals surface area contributed by atoms with Crippen molar-refractivity contribution in [3.05, 3.63) is 47.8 Å². The fourth-order valence-electron chi connectivity index (χ4n) is 1.99. The van der Waals surface area contributed by atoms with Crippen LogP contribution in [0.3, 0.4) is 0 Å². The Bertz CT molecular complexity index is 518. The Balaban J connectivity index is 2.19. The number of nitrogens with one attached hydrogen (secondary N) is 1. The molecule has 0 aliphatic carbocycles. The quantitative estimate of drug-likeness (QED) is 0.635. The molecular formula is C14H20N4O. The van der Waals surface area contributed by atoms with Gasteiger partial charge in [0.15, 0.2) is 0 Å². The number of aryl methyl sites for hydroxylation is 1. The number of nitrogens with zero attached hydrogens (tertiary/aromatic N) is 2. The summed E-state index contributed by atoms with van der Waals surface area (Å²) in [5, 5.41) is 4.16. The number of aromatic nitrogens is 2. The van der Waals surface area contributed by atoms with Crippen LogP contribution in [0.15, 0.2) is 36.7 Å². The Morgan fingerprint density at radius 1 is 1.21 bits per heavy atom. The zero-order chi connectivity index (χ0) is 13.8. The molecule has 0 amide bonds. The summed E-state index contributed by atoms with van der Waals surface area (Å²) < 4.78 is 7.38. The first kappa shape index (κ1) is 13.6. The zero-order valence-corrected chi connectivity index (χ0v) is 11.5. The lowest BCUT2D eigenvalue weighted by Crippen LogP contribution is -2.28. The molecule has 3 N–H and O–H groups in total. The summed E-state index contributed by atoms with van der Waals surface area (Å²) >= 11 is 0. The Morgan fingerprint density at radius 2 is 1.89 bits per heavy atom. The van der Waals surface area contributed by atoms with Crippen molar-refractivity contribution in [2.24, 2.45) is 12.9 Å². The van der Waals surface area contributed by atoms with Crippen LogP contribution in [0.25, 0.3) is 0 Å². The van der Waals surface area contributed by atoms with Gasteiger partial charge >= 0.3 is 0 Å². The number of hydrogen-bond acceptors (Lipinski definition) is 4. The van der Waals surface area contributed by atoms with Gasteiger partial charge < -0.3 is 4.74 Å². The molecule has 1 heterocycles. The van der Waals surface area contributed by atoms with Crippen molar-refractivity contribution in [3.8, 4) is 5.75 Å². The molecule has 0 saturated heterocycles. The molecule has 5 heteroatoms. The molecule has 2 aromatic rings. The minimum Gasteiger partial charge on any atom is -0.491 e. The second-order valence-corrected chi connectivity index (χ2v) is 4.78. The first-order valence-electron chi connectivity index (χ1n) is 6.31. The molecule has 0 aliphatic heterocycles. The van der Waals surface area contributed by atoms with Crippen LogP contribution in [0, 0.1) is 0 Å². The maximum absolute atomic E-state index is 5.65. The van der Waals surface area contributed by atoms with E-state index in [0.29, 0.717) is 0 Å².